The maximum atomic E-state index is 12.6. The Bertz CT molecular complexity index is 734. The SMILES string of the molecule is CC(=O)c1ccc(N2CCN(Cc3nc(C(F)(F)F)cs3)CC2)cc1. The Morgan fingerprint density at radius 2 is 1.80 bits per heavy atom. The summed E-state index contributed by atoms with van der Waals surface area (Å²) in [4.78, 5) is 19.3. The highest BCUT2D eigenvalue weighted by atomic mass is 32.1. The lowest BCUT2D eigenvalue weighted by Gasteiger charge is -2.35. The molecule has 0 spiro atoms. The second kappa shape index (κ2) is 7.13. The number of halogens is 3. The van der Waals surface area contributed by atoms with Crippen molar-refractivity contribution in [1.29, 1.82) is 0 Å². The first-order valence-electron chi connectivity index (χ1n) is 7.93. The number of nitrogens with zero attached hydrogens (tertiary/aromatic N) is 3. The van der Waals surface area contributed by atoms with Crippen LogP contribution in [0, 0.1) is 0 Å². The molecule has 25 heavy (non-hydrogen) atoms. The molecule has 0 atom stereocenters. The van der Waals surface area contributed by atoms with E-state index in [1.54, 1.807) is 0 Å². The minimum Gasteiger partial charge on any atom is -0.369 e. The van der Waals surface area contributed by atoms with Gasteiger partial charge in [-0.1, -0.05) is 0 Å². The third-order valence-corrected chi connectivity index (χ3v) is 5.05. The molecule has 1 fully saturated rings. The van der Waals surface area contributed by atoms with E-state index in [2.05, 4.69) is 14.8 Å². The van der Waals surface area contributed by atoms with Crippen LogP contribution in [0.4, 0.5) is 18.9 Å². The van der Waals surface area contributed by atoms with Crippen molar-refractivity contribution in [3.05, 3.63) is 45.9 Å². The zero-order valence-electron chi connectivity index (χ0n) is 13.7. The Morgan fingerprint density at radius 3 is 2.32 bits per heavy atom. The van der Waals surface area contributed by atoms with Gasteiger partial charge < -0.3 is 4.90 Å². The zero-order valence-corrected chi connectivity index (χ0v) is 14.5. The van der Waals surface area contributed by atoms with Gasteiger partial charge in [-0.2, -0.15) is 13.2 Å². The molecule has 0 N–H and O–H groups in total. The number of piperazine rings is 1. The first kappa shape index (κ1) is 17.9. The summed E-state index contributed by atoms with van der Waals surface area (Å²) in [6.07, 6.45) is -4.38. The summed E-state index contributed by atoms with van der Waals surface area (Å²) in [6.45, 7) is 5.08. The molecular formula is C17H18F3N3OS. The van der Waals surface area contributed by atoms with Crippen molar-refractivity contribution in [3.63, 3.8) is 0 Å². The highest BCUT2D eigenvalue weighted by Crippen LogP contribution is 2.30. The van der Waals surface area contributed by atoms with Crippen molar-refractivity contribution in [2.45, 2.75) is 19.6 Å². The van der Waals surface area contributed by atoms with Crippen LogP contribution in [0.1, 0.15) is 28.0 Å². The smallest absolute Gasteiger partial charge is 0.369 e. The van der Waals surface area contributed by atoms with Crippen LogP contribution < -0.4 is 4.90 Å². The number of thiazole rings is 1. The molecule has 0 unspecified atom stereocenters. The summed E-state index contributed by atoms with van der Waals surface area (Å²) < 4.78 is 37.8. The quantitative estimate of drug-likeness (QED) is 0.771. The van der Waals surface area contributed by atoms with E-state index in [0.717, 1.165) is 48.6 Å². The third-order valence-electron chi connectivity index (χ3n) is 4.21. The Kier molecular flexibility index (Phi) is 5.10. The Labute approximate surface area is 147 Å². The first-order chi connectivity index (χ1) is 11.8. The van der Waals surface area contributed by atoms with Crippen LogP contribution in [0.5, 0.6) is 0 Å². The Hall–Kier alpha value is -1.93. The highest BCUT2D eigenvalue weighted by Gasteiger charge is 2.33. The number of alkyl halides is 3. The zero-order chi connectivity index (χ0) is 18.0. The fraction of sp³-hybridized carbons (Fsp3) is 0.412. The standard InChI is InChI=1S/C17H18F3N3OS/c1-12(24)13-2-4-14(5-3-13)23-8-6-22(7-9-23)10-16-21-15(11-25-16)17(18,19)20/h2-5,11H,6-10H2,1H3. The number of carbonyl (C=O) groups excluding carboxylic acids is 1. The maximum Gasteiger partial charge on any atom is 0.434 e. The number of rotatable bonds is 4. The highest BCUT2D eigenvalue weighted by molar-refractivity contribution is 7.09. The third kappa shape index (κ3) is 4.38. The molecule has 1 aromatic carbocycles. The van der Waals surface area contributed by atoms with E-state index in [1.807, 2.05) is 24.3 Å². The van der Waals surface area contributed by atoms with Gasteiger partial charge in [0.25, 0.3) is 0 Å². The Balaban J connectivity index is 1.55. The van der Waals surface area contributed by atoms with E-state index in [0.29, 0.717) is 17.1 Å². The number of ketones is 1. The van der Waals surface area contributed by atoms with Crippen molar-refractivity contribution in [3.8, 4) is 0 Å². The maximum absolute atomic E-state index is 12.6. The van der Waals surface area contributed by atoms with Crippen LogP contribution in [-0.4, -0.2) is 41.8 Å². The molecule has 2 aromatic rings. The van der Waals surface area contributed by atoms with Crippen LogP contribution in [0.2, 0.25) is 0 Å². The average molecular weight is 369 g/mol. The van der Waals surface area contributed by atoms with Gasteiger partial charge >= 0.3 is 6.18 Å². The first-order valence-corrected chi connectivity index (χ1v) is 8.81. The van der Waals surface area contributed by atoms with Crippen LogP contribution >= 0.6 is 11.3 Å². The summed E-state index contributed by atoms with van der Waals surface area (Å²) in [5, 5.41) is 1.56. The number of hydrogen-bond acceptors (Lipinski definition) is 5. The van der Waals surface area contributed by atoms with Crippen LogP contribution in [0.15, 0.2) is 29.6 Å². The molecule has 1 aliphatic heterocycles. The fourth-order valence-corrected chi connectivity index (χ4v) is 3.62. The summed E-state index contributed by atoms with van der Waals surface area (Å²) in [5.74, 6) is 0.0399. The van der Waals surface area contributed by atoms with Crippen molar-refractivity contribution < 1.29 is 18.0 Å². The Morgan fingerprint density at radius 1 is 1.16 bits per heavy atom. The van der Waals surface area contributed by atoms with E-state index in [4.69, 9.17) is 0 Å². The largest absolute Gasteiger partial charge is 0.434 e. The van der Waals surface area contributed by atoms with Crippen LogP contribution in [0.3, 0.4) is 0 Å². The number of anilines is 1. The average Bonchev–Trinajstić information content (AvgIpc) is 3.04. The predicted molar refractivity (Wildman–Crippen MR) is 91.1 cm³/mol. The molecule has 8 heteroatoms. The lowest BCUT2D eigenvalue weighted by atomic mass is 10.1. The molecule has 4 nitrogen and oxygen atoms in total. The molecule has 0 aliphatic carbocycles. The molecule has 0 saturated carbocycles. The molecule has 1 aromatic heterocycles. The number of Topliss-reactive ketones (excluding diaryl/α,β-unsaturated/α-hetero) is 1. The van der Waals surface area contributed by atoms with E-state index < -0.39 is 11.9 Å². The van der Waals surface area contributed by atoms with Gasteiger partial charge in [-0.05, 0) is 31.2 Å². The molecule has 2 heterocycles. The number of aromatic nitrogens is 1. The van der Waals surface area contributed by atoms with Crippen molar-refractivity contribution >= 4 is 22.8 Å². The lowest BCUT2D eigenvalue weighted by molar-refractivity contribution is -0.140. The number of benzene rings is 1. The van der Waals surface area contributed by atoms with Crippen molar-refractivity contribution in [1.82, 2.24) is 9.88 Å². The van der Waals surface area contributed by atoms with Crippen LogP contribution in [-0.2, 0) is 12.7 Å². The summed E-state index contributed by atoms with van der Waals surface area (Å²) in [7, 11) is 0. The van der Waals surface area contributed by atoms with E-state index in [9.17, 15) is 18.0 Å². The second-order valence-corrected chi connectivity index (χ2v) is 6.93. The molecule has 134 valence electrons. The summed E-state index contributed by atoms with van der Waals surface area (Å²) in [6, 6.07) is 7.50. The molecule has 1 saturated heterocycles. The number of carbonyl (C=O) groups is 1. The fourth-order valence-electron chi connectivity index (χ4n) is 2.78. The minimum atomic E-state index is -4.38. The van der Waals surface area contributed by atoms with Crippen molar-refractivity contribution in [2.24, 2.45) is 0 Å². The second-order valence-electron chi connectivity index (χ2n) is 5.99. The van der Waals surface area contributed by atoms with E-state index in [-0.39, 0.29) is 5.78 Å². The van der Waals surface area contributed by atoms with E-state index >= 15 is 0 Å². The topological polar surface area (TPSA) is 36.4 Å². The van der Waals surface area contributed by atoms with Gasteiger partial charge in [-0.25, -0.2) is 4.98 Å². The minimum absolute atomic E-state index is 0.0399. The lowest BCUT2D eigenvalue weighted by Crippen LogP contribution is -2.45. The van der Waals surface area contributed by atoms with Gasteiger partial charge in [-0.15, -0.1) is 11.3 Å². The molecule has 3 rings (SSSR count). The van der Waals surface area contributed by atoms with Crippen LogP contribution in [0.25, 0.3) is 0 Å². The van der Waals surface area contributed by atoms with Gasteiger partial charge in [0.1, 0.15) is 5.01 Å². The van der Waals surface area contributed by atoms with Crippen molar-refractivity contribution in [2.75, 3.05) is 31.1 Å². The molecular weight excluding hydrogens is 351 g/mol. The molecule has 0 amide bonds. The number of hydrogen-bond donors (Lipinski definition) is 0. The van der Waals surface area contributed by atoms with Gasteiger partial charge in [0.2, 0.25) is 0 Å². The summed E-state index contributed by atoms with van der Waals surface area (Å²) >= 11 is 1.05. The van der Waals surface area contributed by atoms with Gasteiger partial charge in [0.05, 0.1) is 6.54 Å². The van der Waals surface area contributed by atoms with Gasteiger partial charge in [0, 0.05) is 42.8 Å². The molecule has 1 aliphatic rings. The van der Waals surface area contributed by atoms with E-state index in [1.165, 1.54) is 6.92 Å². The monoisotopic (exact) mass is 369 g/mol. The van der Waals surface area contributed by atoms with Gasteiger partial charge in [-0.3, -0.25) is 9.69 Å². The summed E-state index contributed by atoms with van der Waals surface area (Å²) in [5.41, 5.74) is 0.932. The molecule has 0 radical (unpaired) electrons. The van der Waals surface area contributed by atoms with Gasteiger partial charge in [0.15, 0.2) is 11.5 Å². The molecule has 0 bridgehead atoms. The predicted octanol–water partition coefficient (Wildman–Crippen LogP) is 3.69. The normalized spacial score (nSPS) is 16.2.